The summed E-state index contributed by atoms with van der Waals surface area (Å²) in [6.45, 7) is 11.2. The lowest BCUT2D eigenvalue weighted by Crippen LogP contribution is -2.33. The maximum atomic E-state index is 12.9. The van der Waals surface area contributed by atoms with Crippen molar-refractivity contribution in [1.29, 1.82) is 0 Å². The minimum Gasteiger partial charge on any atom is -0.494 e. The molecule has 35 heavy (non-hydrogen) atoms. The van der Waals surface area contributed by atoms with Crippen molar-refractivity contribution < 1.29 is 14.3 Å². The molecule has 2 N–H and O–H groups in total. The van der Waals surface area contributed by atoms with Crippen LogP contribution in [-0.4, -0.2) is 38.9 Å². The molecule has 0 aliphatic carbocycles. The molecule has 0 saturated heterocycles. The number of anilines is 1. The van der Waals surface area contributed by atoms with Gasteiger partial charge in [0.25, 0.3) is 5.91 Å². The first-order valence-electron chi connectivity index (χ1n) is 11.8. The van der Waals surface area contributed by atoms with E-state index in [9.17, 15) is 9.59 Å². The van der Waals surface area contributed by atoms with Crippen LogP contribution in [0.5, 0.6) is 5.75 Å². The first-order chi connectivity index (χ1) is 16.8. The summed E-state index contributed by atoms with van der Waals surface area (Å²) < 4.78 is 7.38. The highest BCUT2D eigenvalue weighted by Crippen LogP contribution is 2.26. The van der Waals surface area contributed by atoms with Crippen LogP contribution < -0.4 is 15.4 Å². The lowest BCUT2D eigenvalue weighted by molar-refractivity contribution is -0.113. The van der Waals surface area contributed by atoms with E-state index in [0.717, 1.165) is 11.3 Å². The van der Waals surface area contributed by atoms with Gasteiger partial charge < -0.3 is 19.9 Å². The largest absolute Gasteiger partial charge is 0.494 e. The van der Waals surface area contributed by atoms with Crippen molar-refractivity contribution in [2.45, 2.75) is 52.4 Å². The molecule has 0 spiro atoms. The third kappa shape index (κ3) is 7.08. The van der Waals surface area contributed by atoms with E-state index in [2.05, 4.69) is 20.8 Å². The van der Waals surface area contributed by atoms with Gasteiger partial charge in [0.2, 0.25) is 5.91 Å². The predicted molar refractivity (Wildman–Crippen MR) is 139 cm³/mol. The molecule has 0 aliphatic heterocycles. The fraction of sp³-hybridized carbons (Fsp3) is 0.385. The van der Waals surface area contributed by atoms with E-state index in [0.29, 0.717) is 35.4 Å². The Kier molecular flexibility index (Phi) is 9.31. The Morgan fingerprint density at radius 2 is 1.71 bits per heavy atom. The van der Waals surface area contributed by atoms with Gasteiger partial charge in [-0.2, -0.15) is 0 Å². The van der Waals surface area contributed by atoms with Crippen LogP contribution in [0.3, 0.4) is 0 Å². The number of nitrogens with zero attached hydrogens (tertiary/aromatic N) is 3. The molecule has 2 aromatic carbocycles. The fourth-order valence-electron chi connectivity index (χ4n) is 3.52. The summed E-state index contributed by atoms with van der Waals surface area (Å²) in [5.41, 5.74) is 2.40. The standard InChI is InChI=1S/C26H33N5O3S/c1-6-31-24(23(17(3)4)28-25(33)19-10-8-18(5)9-11-19)29-30-26(31)35-16-22(32)27-20-12-14-21(15-13-20)34-7-2/h8-15,17,23H,6-7,16H2,1-5H3,(H,27,32)(H,28,33)/t23-/m0/s1. The second kappa shape index (κ2) is 12.4. The summed E-state index contributed by atoms with van der Waals surface area (Å²) in [7, 11) is 0. The van der Waals surface area contributed by atoms with Crippen molar-refractivity contribution in [3.8, 4) is 5.75 Å². The fourth-order valence-corrected chi connectivity index (χ4v) is 4.33. The number of carbonyl (C=O) groups is 2. The van der Waals surface area contributed by atoms with Gasteiger partial charge in [-0.3, -0.25) is 9.59 Å². The Hall–Kier alpha value is -3.33. The molecule has 0 radical (unpaired) electrons. The van der Waals surface area contributed by atoms with Crippen LogP contribution in [0.4, 0.5) is 5.69 Å². The normalized spacial score (nSPS) is 11.8. The van der Waals surface area contributed by atoms with E-state index < -0.39 is 0 Å². The van der Waals surface area contributed by atoms with Crippen molar-refractivity contribution in [3.05, 3.63) is 65.5 Å². The zero-order valence-corrected chi connectivity index (χ0v) is 21.7. The van der Waals surface area contributed by atoms with Crippen LogP contribution in [0.1, 0.15) is 55.5 Å². The molecule has 0 bridgehead atoms. The second-order valence-corrected chi connectivity index (χ2v) is 9.38. The molecule has 1 atom stereocenters. The first kappa shape index (κ1) is 26.3. The van der Waals surface area contributed by atoms with Crippen LogP contribution in [0.2, 0.25) is 0 Å². The molecular formula is C26H33N5O3S. The number of hydrogen-bond acceptors (Lipinski definition) is 6. The molecule has 2 amide bonds. The number of hydrogen-bond donors (Lipinski definition) is 2. The average Bonchev–Trinajstić information content (AvgIpc) is 3.25. The van der Waals surface area contributed by atoms with E-state index in [1.54, 1.807) is 0 Å². The summed E-state index contributed by atoms with van der Waals surface area (Å²) in [4.78, 5) is 25.4. The third-order valence-corrected chi connectivity index (χ3v) is 6.36. The molecule has 0 fully saturated rings. The van der Waals surface area contributed by atoms with Gasteiger partial charge in [-0.05, 0) is 63.1 Å². The molecule has 8 nitrogen and oxygen atoms in total. The van der Waals surface area contributed by atoms with Crippen LogP contribution >= 0.6 is 11.8 Å². The van der Waals surface area contributed by atoms with E-state index in [4.69, 9.17) is 4.74 Å². The molecule has 1 aromatic heterocycles. The van der Waals surface area contributed by atoms with E-state index in [-0.39, 0.29) is 29.5 Å². The maximum absolute atomic E-state index is 12.9. The van der Waals surface area contributed by atoms with Gasteiger partial charge >= 0.3 is 0 Å². The number of aromatic nitrogens is 3. The minimum absolute atomic E-state index is 0.0970. The average molecular weight is 496 g/mol. The number of ether oxygens (including phenoxy) is 1. The SMILES string of the molecule is CCOc1ccc(NC(=O)CSc2nnc([C@@H](NC(=O)c3ccc(C)cc3)C(C)C)n2CC)cc1. The molecule has 186 valence electrons. The molecule has 3 aromatic rings. The molecule has 3 rings (SSSR count). The summed E-state index contributed by atoms with van der Waals surface area (Å²) in [6, 6.07) is 14.4. The van der Waals surface area contributed by atoms with E-state index in [1.165, 1.54) is 11.8 Å². The smallest absolute Gasteiger partial charge is 0.251 e. The molecule has 0 aliphatic rings. The van der Waals surface area contributed by atoms with Crippen molar-refractivity contribution in [2.24, 2.45) is 5.92 Å². The third-order valence-electron chi connectivity index (χ3n) is 5.39. The maximum Gasteiger partial charge on any atom is 0.251 e. The summed E-state index contributed by atoms with van der Waals surface area (Å²) in [5.74, 6) is 1.43. The second-order valence-electron chi connectivity index (χ2n) is 8.44. The molecule has 0 unspecified atom stereocenters. The van der Waals surface area contributed by atoms with Gasteiger partial charge in [0.05, 0.1) is 18.4 Å². The van der Waals surface area contributed by atoms with Gasteiger partial charge in [0.15, 0.2) is 11.0 Å². The van der Waals surface area contributed by atoms with Crippen LogP contribution in [0.25, 0.3) is 0 Å². The first-order valence-corrected chi connectivity index (χ1v) is 12.8. The van der Waals surface area contributed by atoms with Crippen molar-refractivity contribution in [2.75, 3.05) is 17.7 Å². The predicted octanol–water partition coefficient (Wildman–Crippen LogP) is 4.86. The quantitative estimate of drug-likeness (QED) is 0.369. The highest BCUT2D eigenvalue weighted by atomic mass is 32.2. The minimum atomic E-state index is -0.316. The van der Waals surface area contributed by atoms with Crippen molar-refractivity contribution in [1.82, 2.24) is 20.1 Å². The lowest BCUT2D eigenvalue weighted by atomic mass is 10.0. The summed E-state index contributed by atoms with van der Waals surface area (Å²) in [5, 5.41) is 15.3. The molecule has 0 saturated carbocycles. The Morgan fingerprint density at radius 3 is 2.31 bits per heavy atom. The van der Waals surface area contributed by atoms with E-state index >= 15 is 0 Å². The Balaban J connectivity index is 1.66. The van der Waals surface area contributed by atoms with Crippen molar-refractivity contribution >= 4 is 29.3 Å². The Morgan fingerprint density at radius 1 is 1.03 bits per heavy atom. The summed E-state index contributed by atoms with van der Waals surface area (Å²) in [6.07, 6.45) is 0. The molecule has 9 heteroatoms. The number of thioether (sulfide) groups is 1. The number of amides is 2. The van der Waals surface area contributed by atoms with Gasteiger partial charge in [0.1, 0.15) is 5.75 Å². The van der Waals surface area contributed by atoms with Gasteiger partial charge in [-0.1, -0.05) is 43.3 Å². The highest BCUT2D eigenvalue weighted by molar-refractivity contribution is 7.99. The highest BCUT2D eigenvalue weighted by Gasteiger charge is 2.26. The Labute approximate surface area is 210 Å². The molecular weight excluding hydrogens is 462 g/mol. The van der Waals surface area contributed by atoms with E-state index in [1.807, 2.05) is 87.7 Å². The number of carbonyl (C=O) groups excluding carboxylic acids is 2. The van der Waals surface area contributed by atoms with Gasteiger partial charge in [-0.15, -0.1) is 10.2 Å². The Bertz CT molecular complexity index is 1130. The number of rotatable bonds is 11. The number of benzene rings is 2. The van der Waals surface area contributed by atoms with Crippen LogP contribution in [-0.2, 0) is 11.3 Å². The molecule has 1 heterocycles. The van der Waals surface area contributed by atoms with Crippen LogP contribution in [0, 0.1) is 12.8 Å². The lowest BCUT2D eigenvalue weighted by Gasteiger charge is -2.22. The zero-order valence-electron chi connectivity index (χ0n) is 20.9. The number of aryl methyl sites for hydroxylation is 1. The number of nitrogens with one attached hydrogen (secondary N) is 2. The summed E-state index contributed by atoms with van der Waals surface area (Å²) >= 11 is 1.32. The topological polar surface area (TPSA) is 98.1 Å². The zero-order chi connectivity index (χ0) is 25.4. The van der Waals surface area contributed by atoms with Gasteiger partial charge in [-0.25, -0.2) is 0 Å². The van der Waals surface area contributed by atoms with Crippen molar-refractivity contribution in [3.63, 3.8) is 0 Å². The van der Waals surface area contributed by atoms with Crippen LogP contribution in [0.15, 0.2) is 53.7 Å². The van der Waals surface area contributed by atoms with Gasteiger partial charge in [0, 0.05) is 17.8 Å². The monoisotopic (exact) mass is 495 g/mol.